The molecule has 0 saturated carbocycles. The largest absolute Gasteiger partial charge is 0.386 e. The van der Waals surface area contributed by atoms with Gasteiger partial charge in [-0.2, -0.15) is 0 Å². The number of non-ortho nitro benzene ring substituents is 1. The van der Waals surface area contributed by atoms with Crippen molar-refractivity contribution in [3.8, 4) is 0 Å². The highest BCUT2D eigenvalue weighted by Crippen LogP contribution is 2.29. The second-order valence-corrected chi connectivity index (χ2v) is 4.74. The van der Waals surface area contributed by atoms with Gasteiger partial charge in [-0.25, -0.2) is 0 Å². The number of aliphatic hydroxyl groups is 1. The first-order valence-corrected chi connectivity index (χ1v) is 6.84. The molecule has 5 heteroatoms. The molecule has 2 rings (SSSR count). The normalized spacial score (nSPS) is 13.6. The molecule has 2 unspecified atom stereocenters. The van der Waals surface area contributed by atoms with Gasteiger partial charge in [0.25, 0.3) is 5.69 Å². The number of aliphatic hydroxyl groups excluding tert-OH is 1. The number of likely N-dealkylation sites (N-methyl/N-ethyl adjacent to an activating group) is 1. The van der Waals surface area contributed by atoms with Crippen molar-refractivity contribution in [1.29, 1.82) is 0 Å². The molecule has 0 aromatic heterocycles. The summed E-state index contributed by atoms with van der Waals surface area (Å²) in [5.74, 6) is 0. The minimum Gasteiger partial charge on any atom is -0.386 e. The van der Waals surface area contributed by atoms with Gasteiger partial charge in [-0.05, 0) is 29.8 Å². The van der Waals surface area contributed by atoms with Crippen LogP contribution in [0.3, 0.4) is 0 Å². The van der Waals surface area contributed by atoms with Crippen molar-refractivity contribution >= 4 is 5.69 Å². The van der Waals surface area contributed by atoms with Gasteiger partial charge in [-0.1, -0.05) is 37.3 Å². The van der Waals surface area contributed by atoms with Crippen molar-refractivity contribution in [3.63, 3.8) is 0 Å². The van der Waals surface area contributed by atoms with E-state index < -0.39 is 11.0 Å². The quantitative estimate of drug-likeness (QED) is 0.632. The molecular weight excluding hydrogens is 268 g/mol. The highest BCUT2D eigenvalue weighted by molar-refractivity contribution is 5.35. The number of hydrogen-bond acceptors (Lipinski definition) is 4. The van der Waals surface area contributed by atoms with Crippen molar-refractivity contribution in [2.45, 2.75) is 19.1 Å². The monoisotopic (exact) mass is 286 g/mol. The fourth-order valence-electron chi connectivity index (χ4n) is 2.28. The molecule has 0 fully saturated rings. The van der Waals surface area contributed by atoms with Crippen LogP contribution >= 0.6 is 0 Å². The molecule has 0 aliphatic carbocycles. The Morgan fingerprint density at radius 3 is 2.24 bits per heavy atom. The van der Waals surface area contributed by atoms with Crippen LogP contribution in [0.1, 0.15) is 30.2 Å². The summed E-state index contributed by atoms with van der Waals surface area (Å²) in [7, 11) is 0. The first kappa shape index (κ1) is 15.2. The van der Waals surface area contributed by atoms with E-state index in [1.807, 2.05) is 37.3 Å². The predicted molar refractivity (Wildman–Crippen MR) is 80.9 cm³/mol. The zero-order chi connectivity index (χ0) is 15.2. The summed E-state index contributed by atoms with van der Waals surface area (Å²) in [6, 6.07) is 15.4. The van der Waals surface area contributed by atoms with Crippen LogP contribution in [-0.4, -0.2) is 16.6 Å². The Labute approximate surface area is 123 Å². The number of nitrogens with zero attached hydrogens (tertiary/aromatic N) is 1. The van der Waals surface area contributed by atoms with Gasteiger partial charge in [-0.15, -0.1) is 0 Å². The summed E-state index contributed by atoms with van der Waals surface area (Å²) in [4.78, 5) is 10.2. The lowest BCUT2D eigenvalue weighted by atomic mass is 9.95. The molecule has 110 valence electrons. The molecule has 0 radical (unpaired) electrons. The van der Waals surface area contributed by atoms with E-state index in [1.165, 1.54) is 12.1 Å². The van der Waals surface area contributed by atoms with Crippen molar-refractivity contribution in [2.75, 3.05) is 6.54 Å². The summed E-state index contributed by atoms with van der Waals surface area (Å²) < 4.78 is 0. The number of hydrogen-bond donors (Lipinski definition) is 2. The second-order valence-electron chi connectivity index (χ2n) is 4.74. The van der Waals surface area contributed by atoms with E-state index in [9.17, 15) is 15.2 Å². The molecule has 0 saturated heterocycles. The van der Waals surface area contributed by atoms with Gasteiger partial charge >= 0.3 is 0 Å². The zero-order valence-corrected chi connectivity index (χ0v) is 11.8. The third-order valence-electron chi connectivity index (χ3n) is 3.34. The topological polar surface area (TPSA) is 75.4 Å². The molecule has 5 nitrogen and oxygen atoms in total. The van der Waals surface area contributed by atoms with Crippen molar-refractivity contribution in [2.24, 2.45) is 0 Å². The average molecular weight is 286 g/mol. The standard InChI is InChI=1S/C16H18N2O3/c1-2-17-15(12-6-4-3-5-7-12)16(19)13-8-10-14(11-9-13)18(20)21/h3-11,15-17,19H,2H2,1H3. The number of nitro benzene ring substituents is 1. The number of rotatable bonds is 6. The number of nitro groups is 1. The summed E-state index contributed by atoms with van der Waals surface area (Å²) in [5, 5.41) is 24.5. The first-order chi connectivity index (χ1) is 10.1. The number of nitrogens with one attached hydrogen (secondary N) is 1. The van der Waals surface area contributed by atoms with Crippen LogP contribution in [0.4, 0.5) is 5.69 Å². The van der Waals surface area contributed by atoms with Crippen molar-refractivity contribution in [1.82, 2.24) is 5.32 Å². The highest BCUT2D eigenvalue weighted by atomic mass is 16.6. The maximum absolute atomic E-state index is 10.7. The fraction of sp³-hybridized carbons (Fsp3) is 0.250. The van der Waals surface area contributed by atoms with Gasteiger partial charge in [0.1, 0.15) is 0 Å². The van der Waals surface area contributed by atoms with Crippen LogP contribution in [0.25, 0.3) is 0 Å². The van der Waals surface area contributed by atoms with Crippen molar-refractivity contribution in [3.05, 3.63) is 75.8 Å². The van der Waals surface area contributed by atoms with Gasteiger partial charge in [0.05, 0.1) is 17.1 Å². The van der Waals surface area contributed by atoms with E-state index in [0.29, 0.717) is 12.1 Å². The van der Waals surface area contributed by atoms with Crippen LogP contribution < -0.4 is 5.32 Å². The minimum absolute atomic E-state index is 0.0191. The van der Waals surface area contributed by atoms with Crippen LogP contribution in [0, 0.1) is 10.1 Å². The van der Waals surface area contributed by atoms with Crippen molar-refractivity contribution < 1.29 is 10.0 Å². The molecule has 0 aliphatic heterocycles. The van der Waals surface area contributed by atoms with Gasteiger partial charge in [-0.3, -0.25) is 10.1 Å². The summed E-state index contributed by atoms with van der Waals surface area (Å²) in [6.45, 7) is 2.68. The third-order valence-corrected chi connectivity index (χ3v) is 3.34. The van der Waals surface area contributed by atoms with E-state index in [4.69, 9.17) is 0 Å². The third kappa shape index (κ3) is 3.65. The van der Waals surface area contributed by atoms with E-state index in [2.05, 4.69) is 5.32 Å². The van der Waals surface area contributed by atoms with E-state index in [0.717, 1.165) is 5.56 Å². The number of benzene rings is 2. The summed E-state index contributed by atoms with van der Waals surface area (Å²) in [5.41, 5.74) is 1.64. The van der Waals surface area contributed by atoms with Gasteiger partial charge in [0.2, 0.25) is 0 Å². The van der Waals surface area contributed by atoms with Crippen LogP contribution in [0.15, 0.2) is 54.6 Å². The van der Waals surface area contributed by atoms with E-state index >= 15 is 0 Å². The van der Waals surface area contributed by atoms with E-state index in [1.54, 1.807) is 12.1 Å². The SMILES string of the molecule is CCNC(c1ccccc1)C(O)c1ccc([N+](=O)[O-])cc1. The Hall–Kier alpha value is -2.24. The van der Waals surface area contributed by atoms with Gasteiger partial charge in [0.15, 0.2) is 0 Å². The molecule has 0 heterocycles. The Bertz CT molecular complexity index is 584. The Kier molecular flexibility index (Phi) is 5.03. The van der Waals surface area contributed by atoms with E-state index in [-0.39, 0.29) is 11.7 Å². The average Bonchev–Trinajstić information content (AvgIpc) is 2.53. The Morgan fingerprint density at radius 1 is 1.10 bits per heavy atom. The molecule has 2 atom stereocenters. The molecule has 0 bridgehead atoms. The van der Waals surface area contributed by atoms with Gasteiger partial charge < -0.3 is 10.4 Å². The lowest BCUT2D eigenvalue weighted by Crippen LogP contribution is -2.27. The molecule has 2 aromatic rings. The molecule has 0 amide bonds. The Balaban J connectivity index is 2.26. The fourth-order valence-corrected chi connectivity index (χ4v) is 2.28. The predicted octanol–water partition coefficient (Wildman–Crippen LogP) is 2.98. The molecule has 0 aliphatic rings. The maximum atomic E-state index is 10.7. The smallest absolute Gasteiger partial charge is 0.269 e. The zero-order valence-electron chi connectivity index (χ0n) is 11.8. The summed E-state index contributed by atoms with van der Waals surface area (Å²) in [6.07, 6.45) is -0.770. The molecular formula is C16H18N2O3. The maximum Gasteiger partial charge on any atom is 0.269 e. The highest BCUT2D eigenvalue weighted by Gasteiger charge is 2.22. The Morgan fingerprint density at radius 2 is 1.71 bits per heavy atom. The van der Waals surface area contributed by atoms with Gasteiger partial charge in [0, 0.05) is 12.1 Å². The van der Waals surface area contributed by atoms with Crippen LogP contribution in [0.5, 0.6) is 0 Å². The molecule has 0 spiro atoms. The van der Waals surface area contributed by atoms with Crippen LogP contribution in [0.2, 0.25) is 0 Å². The lowest BCUT2D eigenvalue weighted by molar-refractivity contribution is -0.384. The second kappa shape index (κ2) is 6.97. The molecule has 21 heavy (non-hydrogen) atoms. The minimum atomic E-state index is -0.770. The lowest BCUT2D eigenvalue weighted by Gasteiger charge is -2.24. The first-order valence-electron chi connectivity index (χ1n) is 6.84. The summed E-state index contributed by atoms with van der Waals surface area (Å²) >= 11 is 0. The van der Waals surface area contributed by atoms with Crippen LogP contribution in [-0.2, 0) is 0 Å². The molecule has 2 N–H and O–H groups in total. The molecule has 2 aromatic carbocycles.